The maximum Gasteiger partial charge on any atom is 0.278 e. The van der Waals surface area contributed by atoms with E-state index in [1.165, 1.54) is 4.90 Å². The second kappa shape index (κ2) is 7.78. The molecule has 2 aromatic carbocycles. The van der Waals surface area contributed by atoms with Crippen LogP contribution in [0, 0.1) is 6.92 Å². The first kappa shape index (κ1) is 18.7. The molecule has 2 heterocycles. The Balaban J connectivity index is 1.72. The van der Waals surface area contributed by atoms with E-state index in [0.29, 0.717) is 48.2 Å². The number of morpholine rings is 1. The molecule has 0 N–H and O–H groups in total. The summed E-state index contributed by atoms with van der Waals surface area (Å²) < 4.78 is 5.42. The van der Waals surface area contributed by atoms with Gasteiger partial charge in [-0.1, -0.05) is 53.6 Å². The lowest BCUT2D eigenvalue weighted by atomic mass is 10.0. The zero-order chi connectivity index (χ0) is 19.7. The molecule has 0 spiro atoms. The number of hydrogen-bond donors (Lipinski definition) is 0. The number of amides is 2. The van der Waals surface area contributed by atoms with E-state index in [1.807, 2.05) is 36.1 Å². The number of ether oxygens (including phenoxy) is 1. The van der Waals surface area contributed by atoms with Crippen LogP contribution < -0.4 is 0 Å². The lowest BCUT2D eigenvalue weighted by molar-refractivity contribution is -0.138. The van der Waals surface area contributed by atoms with E-state index in [9.17, 15) is 9.59 Å². The Bertz CT molecular complexity index is 929. The van der Waals surface area contributed by atoms with Crippen LogP contribution in [0.25, 0.3) is 5.57 Å². The summed E-state index contributed by atoms with van der Waals surface area (Å²) in [6.07, 6.45) is 0. The molecule has 2 aromatic rings. The molecule has 0 atom stereocenters. The lowest BCUT2D eigenvalue weighted by Gasteiger charge is -2.29. The minimum absolute atomic E-state index is 0.252. The van der Waals surface area contributed by atoms with Crippen molar-refractivity contribution in [1.29, 1.82) is 0 Å². The van der Waals surface area contributed by atoms with Gasteiger partial charge in [0.25, 0.3) is 11.8 Å². The van der Waals surface area contributed by atoms with Gasteiger partial charge in [0.2, 0.25) is 0 Å². The van der Waals surface area contributed by atoms with Gasteiger partial charge < -0.3 is 9.64 Å². The van der Waals surface area contributed by atoms with Crippen LogP contribution in [0.15, 0.2) is 54.2 Å². The molecule has 0 unspecified atom stereocenters. The van der Waals surface area contributed by atoms with Gasteiger partial charge in [0, 0.05) is 18.1 Å². The average molecular weight is 397 g/mol. The molecule has 6 heteroatoms. The van der Waals surface area contributed by atoms with E-state index in [2.05, 4.69) is 0 Å². The van der Waals surface area contributed by atoms with E-state index >= 15 is 0 Å². The number of halogens is 1. The second-order valence-electron chi connectivity index (χ2n) is 7.01. The molecule has 28 heavy (non-hydrogen) atoms. The quantitative estimate of drug-likeness (QED) is 0.744. The molecule has 2 aliphatic rings. The summed E-state index contributed by atoms with van der Waals surface area (Å²) in [7, 11) is 0. The number of hydrogen-bond acceptors (Lipinski definition) is 4. The van der Waals surface area contributed by atoms with E-state index in [-0.39, 0.29) is 18.4 Å². The fourth-order valence-corrected chi connectivity index (χ4v) is 3.67. The highest BCUT2D eigenvalue weighted by atomic mass is 35.5. The van der Waals surface area contributed by atoms with Crippen LogP contribution in [0.2, 0.25) is 5.02 Å². The normalized spacial score (nSPS) is 17.6. The molecule has 4 rings (SSSR count). The van der Waals surface area contributed by atoms with Gasteiger partial charge in [-0.25, -0.2) is 0 Å². The maximum atomic E-state index is 13.3. The zero-order valence-electron chi connectivity index (χ0n) is 15.7. The molecule has 0 saturated carbocycles. The van der Waals surface area contributed by atoms with Crippen molar-refractivity contribution in [3.05, 3.63) is 75.9 Å². The summed E-state index contributed by atoms with van der Waals surface area (Å²) in [5, 5.41) is 0.588. The summed E-state index contributed by atoms with van der Waals surface area (Å²) >= 11 is 6.01. The highest BCUT2D eigenvalue weighted by Gasteiger charge is 2.41. The third-order valence-corrected chi connectivity index (χ3v) is 5.32. The molecular formula is C22H21ClN2O3. The van der Waals surface area contributed by atoms with Crippen LogP contribution in [-0.4, -0.2) is 47.9 Å². The van der Waals surface area contributed by atoms with Crippen molar-refractivity contribution in [2.24, 2.45) is 0 Å². The second-order valence-corrected chi connectivity index (χ2v) is 7.45. The van der Waals surface area contributed by atoms with Crippen LogP contribution >= 0.6 is 11.6 Å². The van der Waals surface area contributed by atoms with Gasteiger partial charge in [0.15, 0.2) is 0 Å². The maximum absolute atomic E-state index is 13.3. The third-order valence-electron chi connectivity index (χ3n) is 5.07. The number of carbonyl (C=O) groups is 2. The van der Waals surface area contributed by atoms with E-state index in [4.69, 9.17) is 16.3 Å². The van der Waals surface area contributed by atoms with Crippen LogP contribution in [0.5, 0.6) is 0 Å². The first-order valence-corrected chi connectivity index (χ1v) is 9.67. The first-order valence-electron chi connectivity index (χ1n) is 9.29. The number of rotatable bonds is 4. The van der Waals surface area contributed by atoms with Crippen molar-refractivity contribution in [3.8, 4) is 0 Å². The fourth-order valence-electron chi connectivity index (χ4n) is 3.54. The molecule has 0 radical (unpaired) electrons. The van der Waals surface area contributed by atoms with Gasteiger partial charge in [0.05, 0.1) is 25.3 Å². The first-order chi connectivity index (χ1) is 13.5. The summed E-state index contributed by atoms with van der Waals surface area (Å²) in [6.45, 7) is 4.51. The predicted octanol–water partition coefficient (Wildman–Crippen LogP) is 3.26. The molecule has 2 aliphatic heterocycles. The Hall–Kier alpha value is -2.63. The molecule has 5 nitrogen and oxygen atoms in total. The Morgan fingerprint density at radius 1 is 0.929 bits per heavy atom. The van der Waals surface area contributed by atoms with Gasteiger partial charge in [-0.15, -0.1) is 0 Å². The van der Waals surface area contributed by atoms with Gasteiger partial charge >= 0.3 is 0 Å². The number of carbonyl (C=O) groups excluding carboxylic acids is 2. The monoisotopic (exact) mass is 396 g/mol. The van der Waals surface area contributed by atoms with Crippen LogP contribution in [-0.2, 0) is 20.9 Å². The van der Waals surface area contributed by atoms with Gasteiger partial charge in [-0.05, 0) is 30.2 Å². The highest BCUT2D eigenvalue weighted by molar-refractivity contribution is 6.35. The van der Waals surface area contributed by atoms with Crippen molar-refractivity contribution in [3.63, 3.8) is 0 Å². The molecule has 0 aliphatic carbocycles. The largest absolute Gasteiger partial charge is 0.378 e. The van der Waals surface area contributed by atoms with Crippen molar-refractivity contribution in [2.45, 2.75) is 13.5 Å². The van der Waals surface area contributed by atoms with Crippen molar-refractivity contribution in [2.75, 3.05) is 26.3 Å². The van der Waals surface area contributed by atoms with Crippen LogP contribution in [0.3, 0.4) is 0 Å². The predicted molar refractivity (Wildman–Crippen MR) is 108 cm³/mol. The van der Waals surface area contributed by atoms with Crippen molar-refractivity contribution >= 4 is 29.0 Å². The SMILES string of the molecule is Cc1ccc(CN2C(=O)C(c3ccc(Cl)cc3)=C(N3CCOCC3)C2=O)cc1. The highest BCUT2D eigenvalue weighted by Crippen LogP contribution is 2.33. The third kappa shape index (κ3) is 3.55. The van der Waals surface area contributed by atoms with Gasteiger partial charge in [0.1, 0.15) is 5.70 Å². The minimum atomic E-state index is -0.269. The molecule has 1 saturated heterocycles. The molecule has 144 valence electrons. The number of nitrogens with zero attached hydrogens (tertiary/aromatic N) is 2. The van der Waals surface area contributed by atoms with Crippen LogP contribution in [0.4, 0.5) is 0 Å². The Morgan fingerprint density at radius 3 is 2.21 bits per heavy atom. The Kier molecular flexibility index (Phi) is 5.20. The molecule has 0 aromatic heterocycles. The van der Waals surface area contributed by atoms with E-state index in [1.54, 1.807) is 24.3 Å². The summed E-state index contributed by atoms with van der Waals surface area (Å²) in [6, 6.07) is 14.9. The number of imide groups is 1. The summed E-state index contributed by atoms with van der Waals surface area (Å²) in [4.78, 5) is 29.9. The molecular weight excluding hydrogens is 376 g/mol. The lowest BCUT2D eigenvalue weighted by Crippen LogP contribution is -2.40. The topological polar surface area (TPSA) is 49.9 Å². The zero-order valence-corrected chi connectivity index (χ0v) is 16.4. The smallest absolute Gasteiger partial charge is 0.278 e. The molecule has 0 bridgehead atoms. The average Bonchev–Trinajstić information content (AvgIpc) is 2.95. The fraction of sp³-hybridized carbons (Fsp3) is 0.273. The minimum Gasteiger partial charge on any atom is -0.378 e. The number of benzene rings is 2. The van der Waals surface area contributed by atoms with Crippen LogP contribution in [0.1, 0.15) is 16.7 Å². The summed E-state index contributed by atoms with van der Waals surface area (Å²) in [5.74, 6) is -0.521. The Morgan fingerprint density at radius 2 is 1.57 bits per heavy atom. The molecule has 2 amide bonds. The van der Waals surface area contributed by atoms with E-state index in [0.717, 1.165) is 11.1 Å². The van der Waals surface area contributed by atoms with Crippen molar-refractivity contribution < 1.29 is 14.3 Å². The standard InChI is InChI=1S/C22H21ClN2O3/c1-15-2-4-16(5-3-15)14-25-21(26)19(17-6-8-18(23)9-7-17)20(22(25)27)24-10-12-28-13-11-24/h2-9H,10-14H2,1H3. The number of aryl methyl sites for hydroxylation is 1. The Labute approximate surface area is 169 Å². The van der Waals surface area contributed by atoms with Crippen molar-refractivity contribution in [1.82, 2.24) is 9.80 Å². The van der Waals surface area contributed by atoms with Gasteiger partial charge in [-0.3, -0.25) is 14.5 Å². The summed E-state index contributed by atoms with van der Waals surface area (Å²) in [5.41, 5.74) is 3.66. The van der Waals surface area contributed by atoms with Gasteiger partial charge in [-0.2, -0.15) is 0 Å². The molecule has 1 fully saturated rings. The van der Waals surface area contributed by atoms with E-state index < -0.39 is 0 Å².